The number of hydrogen-bond acceptors (Lipinski definition) is 5. The predicted molar refractivity (Wildman–Crippen MR) is 74.5 cm³/mol. The fourth-order valence-electron chi connectivity index (χ4n) is 1.51. The van der Waals surface area contributed by atoms with Gasteiger partial charge in [-0.2, -0.15) is 0 Å². The van der Waals surface area contributed by atoms with Gasteiger partial charge in [-0.3, -0.25) is 10.7 Å². The third kappa shape index (κ3) is 3.94. The van der Waals surface area contributed by atoms with Gasteiger partial charge in [0, 0.05) is 0 Å². The highest BCUT2D eigenvalue weighted by Gasteiger charge is 2.18. The highest BCUT2D eigenvalue weighted by atomic mass is 16.5. The molecule has 2 amide bonds. The number of hydrogen-bond donors (Lipinski definition) is 5. The number of nitrogens with two attached hydrogens (primary N) is 1. The Hall–Kier alpha value is -2.64. The number of urea groups is 1. The van der Waals surface area contributed by atoms with Crippen LogP contribution in [0.15, 0.2) is 12.1 Å². The number of guanidine groups is 1. The van der Waals surface area contributed by atoms with Crippen molar-refractivity contribution in [2.24, 2.45) is 5.73 Å². The molecule has 1 aromatic rings. The van der Waals surface area contributed by atoms with Gasteiger partial charge in [-0.25, -0.2) is 4.79 Å². The van der Waals surface area contributed by atoms with Crippen LogP contribution < -0.4 is 25.8 Å². The molecule has 0 saturated heterocycles. The average molecular weight is 282 g/mol. The molecular weight excluding hydrogens is 264 g/mol. The van der Waals surface area contributed by atoms with Gasteiger partial charge in [0.05, 0.1) is 13.2 Å². The van der Waals surface area contributed by atoms with Gasteiger partial charge in [0.15, 0.2) is 17.5 Å². The highest BCUT2D eigenvalue weighted by molar-refractivity contribution is 6.02. The molecule has 0 spiro atoms. The van der Waals surface area contributed by atoms with Crippen molar-refractivity contribution in [3.05, 3.63) is 12.1 Å². The molecule has 0 heterocycles. The summed E-state index contributed by atoms with van der Waals surface area (Å²) in [7, 11) is 0. The fraction of sp³-hybridized carbons (Fsp3) is 0.333. The Balaban J connectivity index is 3.13. The van der Waals surface area contributed by atoms with Crippen molar-refractivity contribution in [2.75, 3.05) is 18.5 Å². The van der Waals surface area contributed by atoms with Crippen LogP contribution in [-0.4, -0.2) is 30.3 Å². The molecule has 0 aromatic heterocycles. The summed E-state index contributed by atoms with van der Waals surface area (Å²) in [5.41, 5.74) is 5.24. The number of ether oxygens (including phenoxy) is 2. The molecule has 1 rings (SSSR count). The van der Waals surface area contributed by atoms with E-state index < -0.39 is 12.0 Å². The molecule has 8 heteroatoms. The van der Waals surface area contributed by atoms with E-state index in [4.69, 9.17) is 20.6 Å². The van der Waals surface area contributed by atoms with E-state index in [-0.39, 0.29) is 17.2 Å². The lowest BCUT2D eigenvalue weighted by Gasteiger charge is -2.17. The molecule has 0 atom stereocenters. The van der Waals surface area contributed by atoms with Crippen LogP contribution in [0, 0.1) is 5.41 Å². The van der Waals surface area contributed by atoms with E-state index >= 15 is 0 Å². The average Bonchev–Trinajstić information content (AvgIpc) is 2.36. The Bertz CT molecular complexity index is 504. The van der Waals surface area contributed by atoms with Gasteiger partial charge in [-0.05, 0) is 26.0 Å². The molecular formula is C12H18N4O4. The summed E-state index contributed by atoms with van der Waals surface area (Å²) < 4.78 is 10.7. The fourth-order valence-corrected chi connectivity index (χ4v) is 1.51. The molecule has 0 aliphatic heterocycles. The molecule has 0 unspecified atom stereocenters. The molecule has 20 heavy (non-hydrogen) atoms. The van der Waals surface area contributed by atoms with Gasteiger partial charge < -0.3 is 25.6 Å². The predicted octanol–water partition coefficient (Wildman–Crippen LogP) is 1.20. The summed E-state index contributed by atoms with van der Waals surface area (Å²) in [5, 5.41) is 21.3. The summed E-state index contributed by atoms with van der Waals surface area (Å²) in [6.07, 6.45) is 0. The number of phenolic OH excluding ortho intramolecular Hbond substituents is 1. The van der Waals surface area contributed by atoms with Gasteiger partial charge in [-0.15, -0.1) is 0 Å². The first kappa shape index (κ1) is 15.4. The number of carbonyl (C=O) groups excluding carboxylic acids is 1. The van der Waals surface area contributed by atoms with Crippen molar-refractivity contribution in [1.29, 1.82) is 5.41 Å². The molecule has 0 fully saturated rings. The molecule has 0 aliphatic rings. The first-order chi connectivity index (χ1) is 9.49. The summed E-state index contributed by atoms with van der Waals surface area (Å²) in [6, 6.07) is 2.18. The van der Waals surface area contributed by atoms with Crippen molar-refractivity contribution in [3.8, 4) is 17.2 Å². The minimum atomic E-state index is -0.731. The van der Waals surface area contributed by atoms with Crippen molar-refractivity contribution in [1.82, 2.24) is 5.32 Å². The second-order valence-electron chi connectivity index (χ2n) is 3.65. The SMILES string of the molecule is CCOc1ccc(O)c(OCC)c1NC(=O)NC(=N)N. The summed E-state index contributed by atoms with van der Waals surface area (Å²) in [6.45, 7) is 4.20. The Morgan fingerprint density at radius 1 is 1.35 bits per heavy atom. The van der Waals surface area contributed by atoms with E-state index in [1.165, 1.54) is 12.1 Å². The maximum absolute atomic E-state index is 11.6. The number of anilines is 1. The van der Waals surface area contributed by atoms with E-state index in [0.717, 1.165) is 0 Å². The van der Waals surface area contributed by atoms with Crippen molar-refractivity contribution < 1.29 is 19.4 Å². The Kier molecular flexibility index (Phi) is 5.45. The van der Waals surface area contributed by atoms with Crippen LogP contribution >= 0.6 is 0 Å². The Labute approximate surface area is 116 Å². The topological polar surface area (TPSA) is 130 Å². The number of phenols is 1. The van der Waals surface area contributed by atoms with E-state index in [1.807, 2.05) is 0 Å². The minimum Gasteiger partial charge on any atom is -0.504 e. The van der Waals surface area contributed by atoms with Gasteiger partial charge in [0.1, 0.15) is 11.4 Å². The van der Waals surface area contributed by atoms with E-state index in [1.54, 1.807) is 13.8 Å². The quantitative estimate of drug-likeness (QED) is 0.409. The Morgan fingerprint density at radius 3 is 2.55 bits per heavy atom. The monoisotopic (exact) mass is 282 g/mol. The lowest BCUT2D eigenvalue weighted by molar-refractivity contribution is 0.255. The second kappa shape index (κ2) is 7.07. The first-order valence-electron chi connectivity index (χ1n) is 6.03. The zero-order valence-electron chi connectivity index (χ0n) is 11.3. The number of rotatable bonds is 5. The van der Waals surface area contributed by atoms with Gasteiger partial charge >= 0.3 is 6.03 Å². The zero-order chi connectivity index (χ0) is 15.1. The number of carbonyl (C=O) groups is 1. The standard InChI is InChI=1S/C12H18N4O4/c1-3-19-8-6-5-7(17)10(20-4-2)9(8)15-12(18)16-11(13)14/h5-6,17H,3-4H2,1-2H3,(H5,13,14,15,16,18). The number of aromatic hydroxyl groups is 1. The summed E-state index contributed by atoms with van der Waals surface area (Å²) in [5.74, 6) is -0.198. The molecule has 1 aromatic carbocycles. The van der Waals surface area contributed by atoms with Crippen LogP contribution in [0.4, 0.5) is 10.5 Å². The summed E-state index contributed by atoms with van der Waals surface area (Å²) >= 11 is 0. The van der Waals surface area contributed by atoms with Gasteiger partial charge in [0.2, 0.25) is 0 Å². The van der Waals surface area contributed by atoms with E-state index in [0.29, 0.717) is 19.0 Å². The molecule has 0 radical (unpaired) electrons. The molecule has 110 valence electrons. The van der Waals surface area contributed by atoms with Crippen molar-refractivity contribution in [2.45, 2.75) is 13.8 Å². The van der Waals surface area contributed by atoms with Crippen molar-refractivity contribution >= 4 is 17.7 Å². The normalized spacial score (nSPS) is 9.70. The van der Waals surface area contributed by atoms with E-state index in [9.17, 15) is 9.90 Å². The van der Waals surface area contributed by atoms with Crippen LogP contribution in [0.2, 0.25) is 0 Å². The van der Waals surface area contributed by atoms with Crippen molar-refractivity contribution in [3.63, 3.8) is 0 Å². The molecule has 8 nitrogen and oxygen atoms in total. The van der Waals surface area contributed by atoms with Crippen LogP contribution in [0.3, 0.4) is 0 Å². The molecule has 6 N–H and O–H groups in total. The lowest BCUT2D eigenvalue weighted by atomic mass is 10.2. The van der Waals surface area contributed by atoms with Crippen LogP contribution in [0.1, 0.15) is 13.8 Å². The second-order valence-corrected chi connectivity index (χ2v) is 3.65. The van der Waals surface area contributed by atoms with Crippen LogP contribution in [0.25, 0.3) is 0 Å². The highest BCUT2D eigenvalue weighted by Crippen LogP contribution is 2.41. The number of benzene rings is 1. The number of nitrogens with one attached hydrogen (secondary N) is 3. The molecule has 0 bridgehead atoms. The maximum atomic E-state index is 11.6. The minimum absolute atomic E-state index is 0.0946. The van der Waals surface area contributed by atoms with E-state index in [2.05, 4.69) is 10.6 Å². The molecule has 0 saturated carbocycles. The molecule has 0 aliphatic carbocycles. The first-order valence-corrected chi connectivity index (χ1v) is 6.03. The number of amides is 2. The third-order valence-corrected chi connectivity index (χ3v) is 2.17. The largest absolute Gasteiger partial charge is 0.504 e. The third-order valence-electron chi connectivity index (χ3n) is 2.17. The zero-order valence-corrected chi connectivity index (χ0v) is 11.3. The Morgan fingerprint density at radius 2 is 2.00 bits per heavy atom. The van der Waals surface area contributed by atoms with Crippen LogP contribution in [0.5, 0.6) is 17.2 Å². The lowest BCUT2D eigenvalue weighted by Crippen LogP contribution is -2.38. The summed E-state index contributed by atoms with van der Waals surface area (Å²) in [4.78, 5) is 11.6. The van der Waals surface area contributed by atoms with Crippen LogP contribution in [-0.2, 0) is 0 Å². The van der Waals surface area contributed by atoms with Gasteiger partial charge in [0.25, 0.3) is 0 Å². The smallest absolute Gasteiger partial charge is 0.326 e. The maximum Gasteiger partial charge on any atom is 0.326 e. The van der Waals surface area contributed by atoms with Gasteiger partial charge in [-0.1, -0.05) is 0 Å².